The van der Waals surface area contributed by atoms with Gasteiger partial charge in [-0.05, 0) is 12.3 Å². The second-order valence-corrected chi connectivity index (χ2v) is 4.90. The van der Waals surface area contributed by atoms with Crippen molar-refractivity contribution in [1.29, 1.82) is 0 Å². The average molecular weight is 225 g/mol. The van der Waals surface area contributed by atoms with Crippen LogP contribution >= 0.6 is 0 Å². The Morgan fingerprint density at radius 1 is 1.38 bits per heavy atom. The summed E-state index contributed by atoms with van der Waals surface area (Å²) in [6.07, 6.45) is 0.501. The Hall–Kier alpha value is -1.39. The summed E-state index contributed by atoms with van der Waals surface area (Å²) in [5.74, 6) is -1.64. The molecule has 0 aromatic heterocycles. The molecule has 2 rings (SSSR count). The molecule has 5 heteroatoms. The van der Waals surface area contributed by atoms with Crippen molar-refractivity contribution in [3.8, 4) is 0 Å². The molecule has 1 aliphatic heterocycles. The lowest BCUT2D eigenvalue weighted by atomic mass is 9.99. The monoisotopic (exact) mass is 225 g/mol. The summed E-state index contributed by atoms with van der Waals surface area (Å²) >= 11 is 0. The lowest BCUT2D eigenvalue weighted by Gasteiger charge is -2.29. The van der Waals surface area contributed by atoms with Gasteiger partial charge in [-0.3, -0.25) is 19.3 Å². The number of hydrogen-bond acceptors (Lipinski definition) is 3. The Labute approximate surface area is 93.4 Å². The number of hydrogen-bond donors (Lipinski definition) is 1. The fraction of sp³-hybridized carbons (Fsp3) is 0.727. The third-order valence-electron chi connectivity index (χ3n) is 3.38. The number of carboxylic acids is 1. The highest BCUT2D eigenvalue weighted by molar-refractivity contribution is 6.09. The van der Waals surface area contributed by atoms with Crippen LogP contribution in [-0.2, 0) is 14.4 Å². The van der Waals surface area contributed by atoms with E-state index in [0.717, 1.165) is 0 Å². The van der Waals surface area contributed by atoms with E-state index in [2.05, 4.69) is 0 Å². The fourth-order valence-electron chi connectivity index (χ4n) is 2.34. The molecule has 1 saturated heterocycles. The van der Waals surface area contributed by atoms with E-state index >= 15 is 0 Å². The third kappa shape index (κ3) is 1.60. The van der Waals surface area contributed by atoms with Gasteiger partial charge in [-0.15, -0.1) is 0 Å². The lowest BCUT2D eigenvalue weighted by molar-refractivity contribution is -0.147. The summed E-state index contributed by atoms with van der Waals surface area (Å²) in [4.78, 5) is 35.5. The van der Waals surface area contributed by atoms with Crippen molar-refractivity contribution in [2.75, 3.05) is 0 Å². The van der Waals surface area contributed by atoms with Crippen LogP contribution in [0.5, 0.6) is 0 Å². The average Bonchev–Trinajstić information content (AvgIpc) is 2.90. The van der Waals surface area contributed by atoms with Gasteiger partial charge < -0.3 is 5.11 Å². The minimum absolute atomic E-state index is 0.0264. The third-order valence-corrected chi connectivity index (χ3v) is 3.38. The minimum atomic E-state index is -0.972. The normalized spacial score (nSPS) is 29.6. The summed E-state index contributed by atoms with van der Waals surface area (Å²) < 4.78 is 0. The number of carbonyl (C=O) groups excluding carboxylic acids is 2. The molecule has 0 bridgehead atoms. The largest absolute Gasteiger partial charge is 0.481 e. The van der Waals surface area contributed by atoms with Crippen molar-refractivity contribution in [2.24, 2.45) is 17.8 Å². The Morgan fingerprint density at radius 3 is 2.25 bits per heavy atom. The molecule has 0 aromatic rings. The molecule has 1 heterocycles. The molecular weight excluding hydrogens is 210 g/mol. The van der Waals surface area contributed by atoms with Crippen LogP contribution in [0.25, 0.3) is 0 Å². The van der Waals surface area contributed by atoms with Crippen LogP contribution in [0.1, 0.15) is 26.7 Å². The van der Waals surface area contributed by atoms with E-state index in [1.165, 1.54) is 4.90 Å². The van der Waals surface area contributed by atoms with Gasteiger partial charge in [-0.2, -0.15) is 0 Å². The molecule has 5 nitrogen and oxygen atoms in total. The number of rotatable bonds is 4. The van der Waals surface area contributed by atoms with Crippen LogP contribution < -0.4 is 0 Å². The number of likely N-dealkylation sites (tertiary alicyclic amines) is 1. The molecule has 0 aromatic carbocycles. The van der Waals surface area contributed by atoms with Gasteiger partial charge in [0.1, 0.15) is 0 Å². The van der Waals surface area contributed by atoms with Gasteiger partial charge >= 0.3 is 5.97 Å². The summed E-state index contributed by atoms with van der Waals surface area (Å²) in [6, 6.07) is -0.495. The number of aliphatic carboxylic acids is 1. The number of amides is 2. The molecule has 3 unspecified atom stereocenters. The van der Waals surface area contributed by atoms with E-state index in [0.29, 0.717) is 6.42 Å². The van der Waals surface area contributed by atoms with Gasteiger partial charge in [-0.25, -0.2) is 0 Å². The maximum atomic E-state index is 11.8. The molecule has 2 fully saturated rings. The van der Waals surface area contributed by atoms with Crippen molar-refractivity contribution in [3.05, 3.63) is 0 Å². The van der Waals surface area contributed by atoms with Crippen LogP contribution in [0, 0.1) is 17.8 Å². The lowest BCUT2D eigenvalue weighted by Crippen LogP contribution is -2.45. The summed E-state index contributed by atoms with van der Waals surface area (Å²) in [5.41, 5.74) is 0. The van der Waals surface area contributed by atoms with E-state index < -0.39 is 12.0 Å². The van der Waals surface area contributed by atoms with Gasteiger partial charge in [0.15, 0.2) is 0 Å². The van der Waals surface area contributed by atoms with E-state index in [1.54, 1.807) is 0 Å². The maximum Gasteiger partial charge on any atom is 0.305 e. The number of fused-ring (bicyclic) bond motifs is 1. The molecule has 16 heavy (non-hydrogen) atoms. The van der Waals surface area contributed by atoms with Gasteiger partial charge in [0.25, 0.3) is 0 Å². The Kier molecular flexibility index (Phi) is 2.48. The molecule has 2 amide bonds. The van der Waals surface area contributed by atoms with Gasteiger partial charge in [0, 0.05) is 0 Å². The van der Waals surface area contributed by atoms with Crippen LogP contribution in [0.15, 0.2) is 0 Å². The van der Waals surface area contributed by atoms with E-state index in [1.807, 2.05) is 13.8 Å². The molecule has 1 saturated carbocycles. The van der Waals surface area contributed by atoms with Crippen LogP contribution in [0.3, 0.4) is 0 Å². The van der Waals surface area contributed by atoms with Gasteiger partial charge in [0.2, 0.25) is 11.8 Å². The topological polar surface area (TPSA) is 74.7 Å². The first-order valence-corrected chi connectivity index (χ1v) is 5.52. The van der Waals surface area contributed by atoms with Crippen molar-refractivity contribution >= 4 is 17.8 Å². The standard InChI is InChI=1S/C11H15NO4/c1-5(2)8(4-9(13)14)12-10(15)6-3-7(6)11(12)16/h5-8H,3-4H2,1-2H3,(H,13,14). The molecule has 88 valence electrons. The zero-order chi connectivity index (χ0) is 12.0. The molecule has 0 spiro atoms. The quantitative estimate of drug-likeness (QED) is 0.706. The van der Waals surface area contributed by atoms with E-state index in [9.17, 15) is 14.4 Å². The zero-order valence-corrected chi connectivity index (χ0v) is 9.34. The number of piperidine rings is 1. The second kappa shape index (κ2) is 3.57. The zero-order valence-electron chi connectivity index (χ0n) is 9.34. The number of imide groups is 1. The highest BCUT2D eigenvalue weighted by Gasteiger charge is 2.60. The maximum absolute atomic E-state index is 11.8. The number of carbonyl (C=O) groups is 3. The molecule has 1 aliphatic carbocycles. The number of nitrogens with zero attached hydrogens (tertiary/aromatic N) is 1. The second-order valence-electron chi connectivity index (χ2n) is 4.90. The highest BCUT2D eigenvalue weighted by atomic mass is 16.4. The molecule has 2 aliphatic rings. The molecule has 0 radical (unpaired) electrons. The van der Waals surface area contributed by atoms with E-state index in [-0.39, 0.29) is 36.0 Å². The van der Waals surface area contributed by atoms with Crippen molar-refractivity contribution < 1.29 is 19.5 Å². The predicted molar refractivity (Wildman–Crippen MR) is 54.3 cm³/mol. The predicted octanol–water partition coefficient (Wildman–Crippen LogP) is 0.491. The van der Waals surface area contributed by atoms with Crippen molar-refractivity contribution in [2.45, 2.75) is 32.7 Å². The Balaban J connectivity index is 2.17. The smallest absolute Gasteiger partial charge is 0.305 e. The fourth-order valence-corrected chi connectivity index (χ4v) is 2.34. The first-order valence-electron chi connectivity index (χ1n) is 5.52. The van der Waals surface area contributed by atoms with Crippen molar-refractivity contribution in [1.82, 2.24) is 4.90 Å². The minimum Gasteiger partial charge on any atom is -0.481 e. The van der Waals surface area contributed by atoms with Crippen LogP contribution in [-0.4, -0.2) is 33.8 Å². The first kappa shape index (κ1) is 11.1. The number of carboxylic acid groups (broad SMARTS) is 1. The van der Waals surface area contributed by atoms with Crippen molar-refractivity contribution in [3.63, 3.8) is 0 Å². The SMILES string of the molecule is CC(C)C(CC(=O)O)N1C(=O)C2CC2C1=O. The Morgan fingerprint density at radius 2 is 1.88 bits per heavy atom. The first-order chi connectivity index (χ1) is 7.43. The van der Waals surface area contributed by atoms with E-state index in [4.69, 9.17) is 5.11 Å². The van der Waals surface area contributed by atoms with Crippen LogP contribution in [0.4, 0.5) is 0 Å². The summed E-state index contributed by atoms with van der Waals surface area (Å²) in [7, 11) is 0. The molecular formula is C11H15NO4. The highest BCUT2D eigenvalue weighted by Crippen LogP contribution is 2.48. The Bertz CT molecular complexity index is 343. The summed E-state index contributed by atoms with van der Waals surface area (Å²) in [5, 5.41) is 8.79. The van der Waals surface area contributed by atoms with Gasteiger partial charge in [0.05, 0.1) is 24.3 Å². The van der Waals surface area contributed by atoms with Crippen LogP contribution in [0.2, 0.25) is 0 Å². The van der Waals surface area contributed by atoms with Gasteiger partial charge in [-0.1, -0.05) is 13.8 Å². The summed E-state index contributed by atoms with van der Waals surface area (Å²) in [6.45, 7) is 3.66. The molecule has 1 N–H and O–H groups in total. The molecule has 3 atom stereocenters.